The molecule has 7 heteroatoms. The molecule has 0 bridgehead atoms. The Balaban J connectivity index is 1.62. The molecule has 1 aromatic heterocycles. The van der Waals surface area contributed by atoms with Crippen molar-refractivity contribution in [2.75, 3.05) is 18.2 Å². The van der Waals surface area contributed by atoms with E-state index in [-0.39, 0.29) is 6.61 Å². The van der Waals surface area contributed by atoms with E-state index in [2.05, 4.69) is 15.3 Å². The summed E-state index contributed by atoms with van der Waals surface area (Å²) >= 11 is 1.48. The van der Waals surface area contributed by atoms with Crippen molar-refractivity contribution in [3.05, 3.63) is 65.4 Å². The zero-order valence-electron chi connectivity index (χ0n) is 16.9. The van der Waals surface area contributed by atoms with Crippen LogP contribution in [0.1, 0.15) is 16.8 Å². The Hall–Kier alpha value is -3.06. The van der Waals surface area contributed by atoms with E-state index in [1.807, 2.05) is 57.4 Å². The number of thioether (sulfide) groups is 1. The molecule has 0 fully saturated rings. The number of hydrogen-bond donors (Lipinski definition) is 1. The Morgan fingerprint density at radius 3 is 2.48 bits per heavy atom. The molecule has 3 aromatic rings. The molecule has 0 saturated carbocycles. The fourth-order valence-corrected chi connectivity index (χ4v) is 3.23. The van der Waals surface area contributed by atoms with Crippen LogP contribution in [-0.4, -0.2) is 28.8 Å². The lowest BCUT2D eigenvalue weighted by atomic mass is 10.1. The Morgan fingerprint density at radius 1 is 1.00 bits per heavy atom. The molecular weight excluding hydrogens is 386 g/mol. The first-order valence-corrected chi connectivity index (χ1v) is 10.3. The summed E-state index contributed by atoms with van der Waals surface area (Å²) in [5.41, 5.74) is 3.79. The maximum Gasteiger partial charge on any atom is 0.349 e. The van der Waals surface area contributed by atoms with E-state index >= 15 is 0 Å². The Kier molecular flexibility index (Phi) is 6.72. The number of ether oxygens (including phenoxy) is 2. The van der Waals surface area contributed by atoms with Gasteiger partial charge < -0.3 is 14.8 Å². The number of anilines is 2. The lowest BCUT2D eigenvalue weighted by Crippen LogP contribution is -2.17. The predicted octanol–water partition coefficient (Wildman–Crippen LogP) is 4.85. The molecule has 0 radical (unpaired) electrons. The van der Waals surface area contributed by atoms with Gasteiger partial charge in [-0.3, -0.25) is 0 Å². The Labute approximate surface area is 174 Å². The maximum atomic E-state index is 12.2. The van der Waals surface area contributed by atoms with Gasteiger partial charge in [-0.05, 0) is 62.4 Å². The first-order valence-electron chi connectivity index (χ1n) is 9.10. The standard InChI is InChI=1S/C22H23N3O3S/c1-14-8-15(2)10-19(9-14)27-13-21(26)28-18-7-5-6-17(12-18)24-20-11-16(3)23-22(25-20)29-4/h5-12H,13H2,1-4H3,(H,23,24,25). The number of nitrogens with zero attached hydrogens (tertiary/aromatic N) is 2. The van der Waals surface area contributed by atoms with Crippen LogP contribution in [0.4, 0.5) is 11.5 Å². The fourth-order valence-electron chi connectivity index (χ4n) is 2.80. The zero-order chi connectivity index (χ0) is 20.8. The Bertz CT molecular complexity index is 1000. The minimum atomic E-state index is -0.469. The van der Waals surface area contributed by atoms with Crippen molar-refractivity contribution in [3.63, 3.8) is 0 Å². The third kappa shape index (κ3) is 6.22. The van der Waals surface area contributed by atoms with Gasteiger partial charge in [0.05, 0.1) is 0 Å². The van der Waals surface area contributed by atoms with Crippen molar-refractivity contribution in [1.82, 2.24) is 9.97 Å². The average Bonchev–Trinajstić information content (AvgIpc) is 2.65. The largest absolute Gasteiger partial charge is 0.482 e. The molecule has 0 atom stereocenters. The van der Waals surface area contributed by atoms with Crippen molar-refractivity contribution >= 4 is 29.2 Å². The van der Waals surface area contributed by atoms with Gasteiger partial charge in [0.2, 0.25) is 0 Å². The van der Waals surface area contributed by atoms with Gasteiger partial charge in [0.15, 0.2) is 11.8 Å². The van der Waals surface area contributed by atoms with Gasteiger partial charge in [0.1, 0.15) is 17.3 Å². The molecule has 0 aliphatic rings. The van der Waals surface area contributed by atoms with Crippen LogP contribution < -0.4 is 14.8 Å². The van der Waals surface area contributed by atoms with Gasteiger partial charge in [-0.25, -0.2) is 14.8 Å². The van der Waals surface area contributed by atoms with Gasteiger partial charge in [-0.15, -0.1) is 0 Å². The predicted molar refractivity (Wildman–Crippen MR) is 115 cm³/mol. The summed E-state index contributed by atoms with van der Waals surface area (Å²) < 4.78 is 11.0. The van der Waals surface area contributed by atoms with Crippen molar-refractivity contribution in [2.45, 2.75) is 25.9 Å². The normalized spacial score (nSPS) is 10.5. The number of benzene rings is 2. The third-order valence-corrected chi connectivity index (χ3v) is 4.45. The molecule has 1 heterocycles. The molecule has 150 valence electrons. The SMILES string of the molecule is CSc1nc(C)cc(Nc2cccc(OC(=O)COc3cc(C)cc(C)c3)c2)n1. The molecular formula is C22H23N3O3S. The summed E-state index contributed by atoms with van der Waals surface area (Å²) in [7, 11) is 0. The molecule has 0 aliphatic carbocycles. The number of carbonyl (C=O) groups is 1. The smallest absolute Gasteiger partial charge is 0.349 e. The quantitative estimate of drug-likeness (QED) is 0.259. The summed E-state index contributed by atoms with van der Waals surface area (Å²) in [5.74, 6) is 1.30. The van der Waals surface area contributed by atoms with E-state index in [9.17, 15) is 4.79 Å². The topological polar surface area (TPSA) is 73.3 Å². The van der Waals surface area contributed by atoms with Crippen LogP contribution in [0.5, 0.6) is 11.5 Å². The second-order valence-electron chi connectivity index (χ2n) is 6.62. The molecule has 0 aliphatic heterocycles. The summed E-state index contributed by atoms with van der Waals surface area (Å²) in [5, 5.41) is 3.91. The van der Waals surface area contributed by atoms with Crippen LogP contribution in [0.2, 0.25) is 0 Å². The lowest BCUT2D eigenvalue weighted by molar-refractivity contribution is -0.136. The van der Waals surface area contributed by atoms with Crippen molar-refractivity contribution in [2.24, 2.45) is 0 Å². The fraction of sp³-hybridized carbons (Fsp3) is 0.227. The zero-order valence-corrected chi connectivity index (χ0v) is 17.7. The molecule has 29 heavy (non-hydrogen) atoms. The summed E-state index contributed by atoms with van der Waals surface area (Å²) in [4.78, 5) is 20.9. The van der Waals surface area contributed by atoms with Crippen LogP contribution in [-0.2, 0) is 4.79 Å². The highest BCUT2D eigenvalue weighted by Gasteiger charge is 2.08. The van der Waals surface area contributed by atoms with E-state index in [1.165, 1.54) is 11.8 Å². The van der Waals surface area contributed by atoms with Crippen LogP contribution in [0.3, 0.4) is 0 Å². The minimum Gasteiger partial charge on any atom is -0.482 e. The van der Waals surface area contributed by atoms with Gasteiger partial charge in [-0.2, -0.15) is 0 Å². The number of aryl methyl sites for hydroxylation is 3. The van der Waals surface area contributed by atoms with Gasteiger partial charge in [0.25, 0.3) is 0 Å². The van der Waals surface area contributed by atoms with E-state index in [4.69, 9.17) is 9.47 Å². The first kappa shape index (κ1) is 20.7. The average molecular weight is 410 g/mol. The highest BCUT2D eigenvalue weighted by molar-refractivity contribution is 7.98. The van der Waals surface area contributed by atoms with Crippen LogP contribution in [0, 0.1) is 20.8 Å². The molecule has 2 aromatic carbocycles. The minimum absolute atomic E-state index is 0.164. The first-order chi connectivity index (χ1) is 13.9. The molecule has 3 rings (SSSR count). The molecule has 0 saturated heterocycles. The van der Waals surface area contributed by atoms with Crippen LogP contribution in [0.15, 0.2) is 53.7 Å². The van der Waals surface area contributed by atoms with E-state index in [0.29, 0.717) is 22.5 Å². The van der Waals surface area contributed by atoms with Gasteiger partial charge in [-0.1, -0.05) is 23.9 Å². The monoisotopic (exact) mass is 409 g/mol. The highest BCUT2D eigenvalue weighted by atomic mass is 32.2. The molecule has 0 amide bonds. The highest BCUT2D eigenvalue weighted by Crippen LogP contribution is 2.23. The second kappa shape index (κ2) is 9.43. The number of aromatic nitrogens is 2. The molecule has 0 unspecified atom stereocenters. The Morgan fingerprint density at radius 2 is 1.76 bits per heavy atom. The van der Waals surface area contributed by atoms with Crippen molar-refractivity contribution in [3.8, 4) is 11.5 Å². The summed E-state index contributed by atoms with van der Waals surface area (Å²) in [6, 6.07) is 14.8. The van der Waals surface area contributed by atoms with E-state index in [0.717, 1.165) is 22.5 Å². The van der Waals surface area contributed by atoms with Crippen molar-refractivity contribution in [1.29, 1.82) is 0 Å². The number of hydrogen-bond acceptors (Lipinski definition) is 7. The number of nitrogens with one attached hydrogen (secondary N) is 1. The number of rotatable bonds is 7. The van der Waals surface area contributed by atoms with E-state index in [1.54, 1.807) is 18.2 Å². The maximum absolute atomic E-state index is 12.2. The summed E-state index contributed by atoms with van der Waals surface area (Å²) in [6.07, 6.45) is 1.93. The second-order valence-corrected chi connectivity index (χ2v) is 7.39. The van der Waals surface area contributed by atoms with Crippen molar-refractivity contribution < 1.29 is 14.3 Å². The molecule has 0 spiro atoms. The van der Waals surface area contributed by atoms with Crippen LogP contribution in [0.25, 0.3) is 0 Å². The van der Waals surface area contributed by atoms with E-state index < -0.39 is 5.97 Å². The van der Waals surface area contributed by atoms with Gasteiger partial charge >= 0.3 is 5.97 Å². The third-order valence-electron chi connectivity index (χ3n) is 3.91. The van der Waals surface area contributed by atoms with Gasteiger partial charge in [0, 0.05) is 23.5 Å². The molecule has 6 nitrogen and oxygen atoms in total. The van der Waals surface area contributed by atoms with Crippen LogP contribution >= 0.6 is 11.8 Å². The number of esters is 1. The summed E-state index contributed by atoms with van der Waals surface area (Å²) in [6.45, 7) is 5.72. The lowest BCUT2D eigenvalue weighted by Gasteiger charge is -2.10. The number of carbonyl (C=O) groups excluding carboxylic acids is 1. The molecule has 1 N–H and O–H groups in total.